The maximum absolute atomic E-state index is 11.4. The van der Waals surface area contributed by atoms with Crippen LogP contribution in [0, 0.1) is 5.92 Å². The van der Waals surface area contributed by atoms with Crippen LogP contribution in [0.5, 0.6) is 0 Å². The average molecular weight is 200 g/mol. The number of hydrogen-bond donors (Lipinski definition) is 1. The van der Waals surface area contributed by atoms with E-state index in [2.05, 4.69) is 13.8 Å². The standard InChI is InChI=1S/C10H20N2O2/c1-4-14-5-9(13)12-6-10(11,7-12)8(2)3/h8H,4-7,11H2,1-3H3. The van der Waals surface area contributed by atoms with Crippen LogP contribution in [0.2, 0.25) is 0 Å². The van der Waals surface area contributed by atoms with Crippen molar-refractivity contribution in [2.45, 2.75) is 26.3 Å². The van der Waals surface area contributed by atoms with Crippen molar-refractivity contribution in [1.29, 1.82) is 0 Å². The second kappa shape index (κ2) is 4.28. The van der Waals surface area contributed by atoms with Crippen LogP contribution in [0.25, 0.3) is 0 Å². The Labute approximate surface area is 85.4 Å². The normalized spacial score (nSPS) is 19.6. The minimum Gasteiger partial charge on any atom is -0.372 e. The molecule has 0 aliphatic carbocycles. The summed E-state index contributed by atoms with van der Waals surface area (Å²) < 4.78 is 5.05. The van der Waals surface area contributed by atoms with E-state index >= 15 is 0 Å². The van der Waals surface area contributed by atoms with Gasteiger partial charge in [-0.15, -0.1) is 0 Å². The van der Waals surface area contributed by atoms with E-state index in [9.17, 15) is 4.79 Å². The lowest BCUT2D eigenvalue weighted by molar-refractivity contribution is -0.144. The first-order valence-electron chi connectivity index (χ1n) is 5.14. The van der Waals surface area contributed by atoms with E-state index in [4.69, 9.17) is 10.5 Å². The number of carbonyl (C=O) groups is 1. The minimum absolute atomic E-state index is 0.0496. The van der Waals surface area contributed by atoms with Gasteiger partial charge in [0.2, 0.25) is 5.91 Å². The summed E-state index contributed by atoms with van der Waals surface area (Å²) in [4.78, 5) is 13.2. The van der Waals surface area contributed by atoms with Gasteiger partial charge in [0, 0.05) is 19.7 Å². The largest absolute Gasteiger partial charge is 0.372 e. The van der Waals surface area contributed by atoms with Crippen LogP contribution in [-0.4, -0.2) is 42.6 Å². The molecule has 0 aromatic rings. The van der Waals surface area contributed by atoms with Crippen LogP contribution in [0.4, 0.5) is 0 Å². The second-order valence-corrected chi connectivity index (χ2v) is 4.27. The first-order chi connectivity index (χ1) is 6.49. The molecular weight excluding hydrogens is 180 g/mol. The molecule has 0 aromatic carbocycles. The lowest BCUT2D eigenvalue weighted by atomic mass is 9.80. The molecule has 1 rings (SSSR count). The molecule has 1 heterocycles. The van der Waals surface area contributed by atoms with E-state index in [1.165, 1.54) is 0 Å². The van der Waals surface area contributed by atoms with Crippen molar-refractivity contribution in [3.05, 3.63) is 0 Å². The Hall–Kier alpha value is -0.610. The first kappa shape index (κ1) is 11.5. The highest BCUT2D eigenvalue weighted by molar-refractivity contribution is 5.78. The van der Waals surface area contributed by atoms with Crippen molar-refractivity contribution in [3.63, 3.8) is 0 Å². The van der Waals surface area contributed by atoms with Gasteiger partial charge in [0.05, 0.1) is 5.54 Å². The molecule has 2 N–H and O–H groups in total. The smallest absolute Gasteiger partial charge is 0.248 e. The van der Waals surface area contributed by atoms with Crippen molar-refractivity contribution >= 4 is 5.91 Å². The lowest BCUT2D eigenvalue weighted by Gasteiger charge is -2.50. The number of likely N-dealkylation sites (tertiary alicyclic amines) is 1. The van der Waals surface area contributed by atoms with E-state index in [1.807, 2.05) is 6.92 Å². The highest BCUT2D eigenvalue weighted by atomic mass is 16.5. The summed E-state index contributed by atoms with van der Waals surface area (Å²) in [5.74, 6) is 0.465. The summed E-state index contributed by atoms with van der Waals surface area (Å²) in [6.45, 7) is 8.15. The Morgan fingerprint density at radius 1 is 1.57 bits per heavy atom. The molecule has 1 amide bonds. The number of nitrogens with zero attached hydrogens (tertiary/aromatic N) is 1. The molecule has 82 valence electrons. The zero-order valence-electron chi connectivity index (χ0n) is 9.25. The fourth-order valence-corrected chi connectivity index (χ4v) is 1.49. The summed E-state index contributed by atoms with van der Waals surface area (Å²) in [7, 11) is 0. The number of hydrogen-bond acceptors (Lipinski definition) is 3. The number of nitrogens with two attached hydrogens (primary N) is 1. The van der Waals surface area contributed by atoms with E-state index in [-0.39, 0.29) is 18.1 Å². The second-order valence-electron chi connectivity index (χ2n) is 4.27. The Balaban J connectivity index is 2.30. The van der Waals surface area contributed by atoms with Gasteiger partial charge in [-0.05, 0) is 12.8 Å². The van der Waals surface area contributed by atoms with Gasteiger partial charge >= 0.3 is 0 Å². The van der Waals surface area contributed by atoms with Crippen LogP contribution < -0.4 is 5.73 Å². The molecule has 14 heavy (non-hydrogen) atoms. The summed E-state index contributed by atoms with van der Waals surface area (Å²) in [6, 6.07) is 0. The highest BCUT2D eigenvalue weighted by Crippen LogP contribution is 2.25. The predicted octanol–water partition coefficient (Wildman–Crippen LogP) is 0.219. The zero-order valence-corrected chi connectivity index (χ0v) is 9.25. The average Bonchev–Trinajstić information content (AvgIpc) is 2.08. The van der Waals surface area contributed by atoms with Crippen LogP contribution in [0.15, 0.2) is 0 Å². The SMILES string of the molecule is CCOCC(=O)N1CC(N)(C(C)C)C1. The van der Waals surface area contributed by atoms with Crippen molar-refractivity contribution in [1.82, 2.24) is 4.90 Å². The van der Waals surface area contributed by atoms with E-state index in [0.717, 1.165) is 0 Å². The fraction of sp³-hybridized carbons (Fsp3) is 0.900. The van der Waals surface area contributed by atoms with Gasteiger partial charge < -0.3 is 15.4 Å². The molecule has 1 aliphatic heterocycles. The molecule has 0 aromatic heterocycles. The quantitative estimate of drug-likeness (QED) is 0.706. The molecule has 0 saturated carbocycles. The van der Waals surface area contributed by atoms with Gasteiger partial charge in [-0.2, -0.15) is 0 Å². The molecule has 1 aliphatic rings. The Morgan fingerprint density at radius 3 is 2.57 bits per heavy atom. The molecule has 4 heteroatoms. The van der Waals surface area contributed by atoms with Gasteiger partial charge in [-0.1, -0.05) is 13.8 Å². The van der Waals surface area contributed by atoms with Crippen molar-refractivity contribution in [2.75, 3.05) is 26.3 Å². The van der Waals surface area contributed by atoms with E-state index < -0.39 is 0 Å². The Morgan fingerprint density at radius 2 is 2.14 bits per heavy atom. The zero-order chi connectivity index (χ0) is 10.8. The number of rotatable bonds is 4. The number of ether oxygens (including phenoxy) is 1. The molecule has 1 saturated heterocycles. The monoisotopic (exact) mass is 200 g/mol. The lowest BCUT2D eigenvalue weighted by Crippen LogP contribution is -2.71. The van der Waals surface area contributed by atoms with Crippen LogP contribution in [0.1, 0.15) is 20.8 Å². The van der Waals surface area contributed by atoms with Gasteiger partial charge in [0.15, 0.2) is 0 Å². The molecule has 4 nitrogen and oxygen atoms in total. The number of amides is 1. The first-order valence-corrected chi connectivity index (χ1v) is 5.14. The maximum atomic E-state index is 11.4. The van der Waals surface area contributed by atoms with Crippen LogP contribution in [0.3, 0.4) is 0 Å². The maximum Gasteiger partial charge on any atom is 0.248 e. The molecule has 0 atom stereocenters. The predicted molar refractivity (Wildman–Crippen MR) is 54.8 cm³/mol. The topological polar surface area (TPSA) is 55.6 Å². The molecule has 0 unspecified atom stereocenters. The number of carbonyl (C=O) groups excluding carboxylic acids is 1. The van der Waals surface area contributed by atoms with Gasteiger partial charge in [-0.3, -0.25) is 4.79 Å². The third-order valence-electron chi connectivity index (χ3n) is 2.90. The van der Waals surface area contributed by atoms with E-state index in [0.29, 0.717) is 25.6 Å². The summed E-state index contributed by atoms with van der Waals surface area (Å²) in [5, 5.41) is 0. The Kier molecular flexibility index (Phi) is 3.50. The fourth-order valence-electron chi connectivity index (χ4n) is 1.49. The molecule has 0 bridgehead atoms. The van der Waals surface area contributed by atoms with Crippen molar-refractivity contribution < 1.29 is 9.53 Å². The third-order valence-corrected chi connectivity index (χ3v) is 2.90. The van der Waals surface area contributed by atoms with Gasteiger partial charge in [0.1, 0.15) is 6.61 Å². The molecular formula is C10H20N2O2. The van der Waals surface area contributed by atoms with E-state index in [1.54, 1.807) is 4.90 Å². The van der Waals surface area contributed by atoms with Gasteiger partial charge in [-0.25, -0.2) is 0 Å². The minimum atomic E-state index is -0.179. The summed E-state index contributed by atoms with van der Waals surface area (Å²) >= 11 is 0. The Bertz CT molecular complexity index is 210. The van der Waals surface area contributed by atoms with Crippen LogP contribution in [-0.2, 0) is 9.53 Å². The summed E-state index contributed by atoms with van der Waals surface area (Å²) in [5.41, 5.74) is 5.89. The summed E-state index contributed by atoms with van der Waals surface area (Å²) in [6.07, 6.45) is 0. The highest BCUT2D eigenvalue weighted by Gasteiger charge is 2.43. The van der Waals surface area contributed by atoms with Crippen molar-refractivity contribution in [3.8, 4) is 0 Å². The van der Waals surface area contributed by atoms with Crippen molar-refractivity contribution in [2.24, 2.45) is 11.7 Å². The molecule has 0 spiro atoms. The molecule has 1 fully saturated rings. The van der Waals surface area contributed by atoms with Gasteiger partial charge in [0.25, 0.3) is 0 Å². The third kappa shape index (κ3) is 2.25. The molecule has 0 radical (unpaired) electrons. The van der Waals surface area contributed by atoms with Crippen LogP contribution >= 0.6 is 0 Å².